The van der Waals surface area contributed by atoms with E-state index in [2.05, 4.69) is 4.99 Å². The number of ether oxygens (including phenoxy) is 1. The minimum atomic E-state index is -0.555. The molecule has 0 atom stereocenters. The first-order chi connectivity index (χ1) is 11.6. The van der Waals surface area contributed by atoms with Gasteiger partial charge in [0.2, 0.25) is 5.90 Å². The quantitative estimate of drug-likeness (QED) is 0.373. The highest BCUT2D eigenvalue weighted by molar-refractivity contribution is 6.11. The Kier molecular flexibility index (Phi) is 4.29. The molecule has 6 nitrogen and oxygen atoms in total. The molecule has 0 bridgehead atoms. The highest BCUT2D eigenvalue weighted by atomic mass is 16.6. The van der Waals surface area contributed by atoms with Gasteiger partial charge < -0.3 is 4.74 Å². The van der Waals surface area contributed by atoms with Crippen molar-refractivity contribution in [1.82, 2.24) is 0 Å². The van der Waals surface area contributed by atoms with Crippen LogP contribution in [0.3, 0.4) is 0 Å². The predicted octanol–water partition coefficient (Wildman–Crippen LogP) is 3.60. The Balaban J connectivity index is 1.78. The van der Waals surface area contributed by atoms with Crippen LogP contribution < -0.4 is 0 Å². The van der Waals surface area contributed by atoms with Crippen LogP contribution in [-0.4, -0.2) is 16.8 Å². The van der Waals surface area contributed by atoms with Crippen molar-refractivity contribution in [2.75, 3.05) is 0 Å². The number of nitro groups is 1. The van der Waals surface area contributed by atoms with Gasteiger partial charge in [-0.05, 0) is 35.4 Å². The summed E-state index contributed by atoms with van der Waals surface area (Å²) in [7, 11) is 0. The molecule has 0 fully saturated rings. The Hall–Kier alpha value is -3.54. The number of carbonyl (C=O) groups excluding carboxylic acids is 1. The number of aliphatic imine (C=N–C) groups is 1. The van der Waals surface area contributed by atoms with Crippen molar-refractivity contribution in [2.24, 2.45) is 4.99 Å². The van der Waals surface area contributed by atoms with E-state index >= 15 is 0 Å². The summed E-state index contributed by atoms with van der Waals surface area (Å²) in [4.78, 5) is 26.1. The first kappa shape index (κ1) is 15.4. The summed E-state index contributed by atoms with van der Waals surface area (Å²) < 4.78 is 5.08. The lowest BCUT2D eigenvalue weighted by Gasteiger charge is -1.94. The summed E-state index contributed by atoms with van der Waals surface area (Å²) >= 11 is 0. The first-order valence-corrected chi connectivity index (χ1v) is 7.12. The molecule has 0 aromatic heterocycles. The average Bonchev–Trinajstić information content (AvgIpc) is 2.94. The smallest absolute Gasteiger partial charge is 0.363 e. The molecule has 24 heavy (non-hydrogen) atoms. The summed E-state index contributed by atoms with van der Waals surface area (Å²) in [5, 5.41) is 10.6. The van der Waals surface area contributed by atoms with Gasteiger partial charge in [-0.1, -0.05) is 30.3 Å². The van der Waals surface area contributed by atoms with Crippen LogP contribution in [0.25, 0.3) is 12.2 Å². The maximum atomic E-state index is 11.8. The molecule has 0 saturated carbocycles. The topological polar surface area (TPSA) is 81.8 Å². The fourth-order valence-corrected chi connectivity index (χ4v) is 2.08. The highest BCUT2D eigenvalue weighted by Crippen LogP contribution is 2.18. The molecular weight excluding hydrogens is 308 g/mol. The Labute approximate surface area is 137 Å². The lowest BCUT2D eigenvalue weighted by molar-refractivity contribution is -0.384. The summed E-state index contributed by atoms with van der Waals surface area (Å²) in [5.74, 6) is -0.349. The van der Waals surface area contributed by atoms with Gasteiger partial charge in [-0.15, -0.1) is 0 Å². The van der Waals surface area contributed by atoms with Crippen LogP contribution in [0.4, 0.5) is 5.69 Å². The molecule has 0 aliphatic carbocycles. The van der Waals surface area contributed by atoms with Crippen molar-refractivity contribution >= 4 is 29.7 Å². The Morgan fingerprint density at radius 3 is 2.33 bits per heavy atom. The molecule has 0 amide bonds. The minimum absolute atomic E-state index is 0.0128. The highest BCUT2D eigenvalue weighted by Gasteiger charge is 2.21. The largest absolute Gasteiger partial charge is 0.403 e. The maximum Gasteiger partial charge on any atom is 0.363 e. The summed E-state index contributed by atoms with van der Waals surface area (Å²) in [6, 6.07) is 15.4. The van der Waals surface area contributed by atoms with Crippen LogP contribution in [0.15, 0.2) is 71.4 Å². The molecule has 0 radical (unpaired) electrons. The molecule has 0 unspecified atom stereocenters. The normalized spacial score (nSPS) is 15.6. The van der Waals surface area contributed by atoms with Crippen LogP contribution in [0.5, 0.6) is 0 Å². The standard InChI is InChI=1S/C18H12N2O4/c21-18-16(12-14-6-9-15(10-7-14)20(22)23)19-17(24-18)11-8-13-4-2-1-3-5-13/h1-12H. The zero-order valence-corrected chi connectivity index (χ0v) is 12.5. The average molecular weight is 320 g/mol. The van der Waals surface area contributed by atoms with E-state index in [9.17, 15) is 14.9 Å². The van der Waals surface area contributed by atoms with E-state index in [1.165, 1.54) is 18.2 Å². The molecule has 0 spiro atoms. The fourth-order valence-electron chi connectivity index (χ4n) is 2.08. The number of cyclic esters (lactones) is 1. The van der Waals surface area contributed by atoms with Crippen molar-refractivity contribution in [2.45, 2.75) is 0 Å². The van der Waals surface area contributed by atoms with E-state index in [1.54, 1.807) is 24.3 Å². The number of nitrogens with zero attached hydrogens (tertiary/aromatic N) is 2. The monoisotopic (exact) mass is 320 g/mol. The molecule has 2 aromatic rings. The second kappa shape index (κ2) is 6.70. The second-order valence-electron chi connectivity index (χ2n) is 4.96. The SMILES string of the molecule is O=C1OC(C=Cc2ccccc2)=NC1=Cc1ccc([N+](=O)[O-])cc1. The van der Waals surface area contributed by atoms with Gasteiger partial charge in [0.25, 0.3) is 5.69 Å². The molecule has 1 aliphatic rings. The van der Waals surface area contributed by atoms with Gasteiger partial charge in [0, 0.05) is 18.2 Å². The summed E-state index contributed by atoms with van der Waals surface area (Å²) in [6.07, 6.45) is 4.93. The van der Waals surface area contributed by atoms with Gasteiger partial charge >= 0.3 is 5.97 Å². The van der Waals surface area contributed by atoms with E-state index in [-0.39, 0.29) is 17.3 Å². The van der Waals surface area contributed by atoms with Crippen molar-refractivity contribution in [1.29, 1.82) is 0 Å². The Morgan fingerprint density at radius 1 is 0.958 bits per heavy atom. The van der Waals surface area contributed by atoms with Gasteiger partial charge in [0.1, 0.15) is 0 Å². The molecule has 2 aromatic carbocycles. The van der Waals surface area contributed by atoms with Gasteiger partial charge in [-0.3, -0.25) is 10.1 Å². The van der Waals surface area contributed by atoms with E-state index in [0.29, 0.717) is 5.56 Å². The third-order valence-corrected chi connectivity index (χ3v) is 3.26. The third kappa shape index (κ3) is 3.61. The number of hydrogen-bond donors (Lipinski definition) is 0. The molecule has 3 rings (SSSR count). The van der Waals surface area contributed by atoms with Gasteiger partial charge in [0.05, 0.1) is 4.92 Å². The van der Waals surface area contributed by atoms with Crippen LogP contribution in [0.1, 0.15) is 11.1 Å². The molecule has 0 saturated heterocycles. The summed E-state index contributed by atoms with van der Waals surface area (Å²) in [5.41, 5.74) is 1.73. The van der Waals surface area contributed by atoms with Crippen molar-refractivity contribution in [3.8, 4) is 0 Å². The van der Waals surface area contributed by atoms with E-state index in [0.717, 1.165) is 5.56 Å². The number of nitro benzene ring substituents is 1. The van der Waals surface area contributed by atoms with Crippen LogP contribution in [0.2, 0.25) is 0 Å². The fraction of sp³-hybridized carbons (Fsp3) is 0. The van der Waals surface area contributed by atoms with Crippen LogP contribution in [-0.2, 0) is 9.53 Å². The van der Waals surface area contributed by atoms with Crippen molar-refractivity contribution in [3.63, 3.8) is 0 Å². The second-order valence-corrected chi connectivity index (χ2v) is 4.96. The molecule has 0 N–H and O–H groups in total. The van der Waals surface area contributed by atoms with Crippen molar-refractivity contribution < 1.29 is 14.5 Å². The lowest BCUT2D eigenvalue weighted by Crippen LogP contribution is -2.01. The van der Waals surface area contributed by atoms with Gasteiger partial charge in [-0.2, -0.15) is 0 Å². The predicted molar refractivity (Wildman–Crippen MR) is 90.1 cm³/mol. The third-order valence-electron chi connectivity index (χ3n) is 3.26. The zero-order valence-electron chi connectivity index (χ0n) is 12.5. The number of hydrogen-bond acceptors (Lipinski definition) is 5. The lowest BCUT2D eigenvalue weighted by atomic mass is 10.2. The zero-order chi connectivity index (χ0) is 16.9. The number of benzene rings is 2. The van der Waals surface area contributed by atoms with Gasteiger partial charge in [-0.25, -0.2) is 9.79 Å². The molecular formula is C18H12N2O4. The number of non-ortho nitro benzene ring substituents is 1. The van der Waals surface area contributed by atoms with Gasteiger partial charge in [0.15, 0.2) is 5.70 Å². The molecule has 1 heterocycles. The van der Waals surface area contributed by atoms with E-state index in [4.69, 9.17) is 4.74 Å². The molecule has 1 aliphatic heterocycles. The van der Waals surface area contributed by atoms with E-state index < -0.39 is 10.9 Å². The number of esters is 1. The number of rotatable bonds is 4. The Bertz CT molecular complexity index is 866. The number of carbonyl (C=O) groups is 1. The van der Waals surface area contributed by atoms with Crippen LogP contribution in [0, 0.1) is 10.1 Å². The maximum absolute atomic E-state index is 11.8. The van der Waals surface area contributed by atoms with E-state index in [1.807, 2.05) is 30.3 Å². The minimum Gasteiger partial charge on any atom is -0.403 e. The van der Waals surface area contributed by atoms with Crippen LogP contribution >= 0.6 is 0 Å². The molecule has 6 heteroatoms. The van der Waals surface area contributed by atoms with Crippen molar-refractivity contribution in [3.05, 3.63) is 87.6 Å². The molecule has 118 valence electrons. The first-order valence-electron chi connectivity index (χ1n) is 7.12. The Morgan fingerprint density at radius 2 is 1.67 bits per heavy atom. The summed E-state index contributed by atoms with van der Waals surface area (Å²) in [6.45, 7) is 0.